The number of aromatic amines is 1. The fourth-order valence-electron chi connectivity index (χ4n) is 3.37. The maximum Gasteiger partial charge on any atom is 0.416 e. The second kappa shape index (κ2) is 8.47. The van der Waals surface area contributed by atoms with Crippen molar-refractivity contribution in [2.45, 2.75) is 13.1 Å². The van der Waals surface area contributed by atoms with E-state index in [4.69, 9.17) is 16.3 Å². The van der Waals surface area contributed by atoms with Crippen LogP contribution in [0.1, 0.15) is 12.5 Å². The number of nitrogens with one attached hydrogen (secondary N) is 1. The Morgan fingerprint density at radius 3 is 2.52 bits per heavy atom. The Bertz CT molecular complexity index is 1340. The molecule has 0 saturated carbocycles. The van der Waals surface area contributed by atoms with Crippen molar-refractivity contribution in [1.29, 1.82) is 0 Å². The molecular weight excluding hydrogens is 469 g/mol. The molecule has 0 atom stereocenters. The van der Waals surface area contributed by atoms with Crippen LogP contribution in [0.4, 0.5) is 33.6 Å². The van der Waals surface area contributed by atoms with Crippen LogP contribution < -0.4 is 9.64 Å². The summed E-state index contributed by atoms with van der Waals surface area (Å²) >= 11 is 6.16. The Labute approximate surface area is 189 Å². The summed E-state index contributed by atoms with van der Waals surface area (Å²) in [7, 11) is 1.29. The first kappa shape index (κ1) is 22.7. The van der Waals surface area contributed by atoms with Crippen molar-refractivity contribution in [3.05, 3.63) is 58.7 Å². The minimum atomic E-state index is -4.57. The van der Waals surface area contributed by atoms with Gasteiger partial charge in [0.25, 0.3) is 0 Å². The molecule has 2 aromatic carbocycles. The number of hydrogen-bond donors (Lipinski definition) is 1. The fraction of sp³-hybridized carbons (Fsp3) is 0.190. The minimum absolute atomic E-state index is 0.00577. The SMILES string of the molecule is CCN(c1nc(-c2c(OC)ccc(F)c2F)c2[nH]ncc2n1)c1ccc(C(F)(F)F)cc1Cl. The minimum Gasteiger partial charge on any atom is -0.496 e. The van der Waals surface area contributed by atoms with E-state index in [0.717, 1.165) is 18.2 Å². The molecule has 33 heavy (non-hydrogen) atoms. The van der Waals surface area contributed by atoms with Crippen LogP contribution in [-0.2, 0) is 6.18 Å². The van der Waals surface area contributed by atoms with Crippen LogP contribution in [0.25, 0.3) is 22.3 Å². The summed E-state index contributed by atoms with van der Waals surface area (Å²) in [5, 5.41) is 6.37. The molecule has 4 rings (SSSR count). The van der Waals surface area contributed by atoms with Crippen LogP contribution in [0.2, 0.25) is 5.02 Å². The number of halogens is 6. The zero-order chi connectivity index (χ0) is 23.9. The molecule has 0 bridgehead atoms. The molecule has 2 aromatic heterocycles. The van der Waals surface area contributed by atoms with Gasteiger partial charge in [-0.3, -0.25) is 5.10 Å². The summed E-state index contributed by atoms with van der Waals surface area (Å²) < 4.78 is 73.2. The van der Waals surface area contributed by atoms with E-state index in [1.165, 1.54) is 30.3 Å². The molecule has 0 unspecified atom stereocenters. The number of anilines is 2. The highest BCUT2D eigenvalue weighted by molar-refractivity contribution is 6.33. The highest BCUT2D eigenvalue weighted by Crippen LogP contribution is 2.40. The lowest BCUT2D eigenvalue weighted by atomic mass is 10.1. The number of rotatable bonds is 5. The van der Waals surface area contributed by atoms with Gasteiger partial charge in [-0.1, -0.05) is 11.6 Å². The molecule has 0 aliphatic heterocycles. The second-order valence-corrected chi connectivity index (χ2v) is 7.26. The van der Waals surface area contributed by atoms with Crippen molar-refractivity contribution in [2.24, 2.45) is 0 Å². The van der Waals surface area contributed by atoms with Gasteiger partial charge in [0, 0.05) is 6.54 Å². The van der Waals surface area contributed by atoms with E-state index >= 15 is 0 Å². The van der Waals surface area contributed by atoms with E-state index < -0.39 is 23.4 Å². The number of H-pyrrole nitrogens is 1. The first-order chi connectivity index (χ1) is 15.7. The van der Waals surface area contributed by atoms with Gasteiger partial charge in [-0.25, -0.2) is 18.7 Å². The molecule has 12 heteroatoms. The Balaban J connectivity index is 1.93. The van der Waals surface area contributed by atoms with Gasteiger partial charge >= 0.3 is 6.18 Å². The smallest absolute Gasteiger partial charge is 0.416 e. The van der Waals surface area contributed by atoms with Crippen molar-refractivity contribution < 1.29 is 26.7 Å². The van der Waals surface area contributed by atoms with Gasteiger partial charge in [0.05, 0.1) is 35.1 Å². The van der Waals surface area contributed by atoms with E-state index in [0.29, 0.717) is 0 Å². The number of aromatic nitrogens is 4. The van der Waals surface area contributed by atoms with Crippen molar-refractivity contribution in [3.8, 4) is 17.0 Å². The van der Waals surface area contributed by atoms with Crippen molar-refractivity contribution in [1.82, 2.24) is 20.2 Å². The summed E-state index contributed by atoms with van der Waals surface area (Å²) in [6.45, 7) is 1.91. The normalized spacial score (nSPS) is 11.8. The molecule has 0 fully saturated rings. The molecule has 2 heterocycles. The van der Waals surface area contributed by atoms with Crippen molar-refractivity contribution in [3.63, 3.8) is 0 Å². The lowest BCUT2D eigenvalue weighted by molar-refractivity contribution is -0.137. The van der Waals surface area contributed by atoms with Gasteiger partial charge in [-0.05, 0) is 37.3 Å². The monoisotopic (exact) mass is 483 g/mol. The number of benzene rings is 2. The average Bonchev–Trinajstić information content (AvgIpc) is 3.25. The van der Waals surface area contributed by atoms with Gasteiger partial charge in [-0.2, -0.15) is 18.3 Å². The van der Waals surface area contributed by atoms with Gasteiger partial charge in [0.2, 0.25) is 5.95 Å². The van der Waals surface area contributed by atoms with Crippen molar-refractivity contribution in [2.75, 3.05) is 18.6 Å². The average molecular weight is 484 g/mol. The van der Waals surface area contributed by atoms with Crippen LogP contribution in [0, 0.1) is 11.6 Å². The Kier molecular flexibility index (Phi) is 5.83. The molecule has 0 radical (unpaired) electrons. The molecule has 6 nitrogen and oxygen atoms in total. The van der Waals surface area contributed by atoms with Crippen LogP contribution in [-0.4, -0.2) is 33.8 Å². The topological polar surface area (TPSA) is 66.9 Å². The van der Waals surface area contributed by atoms with E-state index in [9.17, 15) is 22.0 Å². The Morgan fingerprint density at radius 2 is 1.88 bits per heavy atom. The van der Waals surface area contributed by atoms with Gasteiger partial charge in [-0.15, -0.1) is 0 Å². The lowest BCUT2D eigenvalue weighted by Crippen LogP contribution is -2.20. The molecule has 0 spiro atoms. The zero-order valence-electron chi connectivity index (χ0n) is 17.1. The molecular formula is C21H15ClF5N5O. The Hall–Kier alpha value is -3.47. The quantitative estimate of drug-likeness (QED) is 0.345. The first-order valence-electron chi connectivity index (χ1n) is 9.53. The van der Waals surface area contributed by atoms with Gasteiger partial charge in [0.1, 0.15) is 22.5 Å². The third kappa shape index (κ3) is 4.04. The fourth-order valence-corrected chi connectivity index (χ4v) is 3.66. The van der Waals surface area contributed by atoms with Gasteiger partial charge < -0.3 is 9.64 Å². The molecule has 0 aliphatic rings. The summed E-state index contributed by atoms with van der Waals surface area (Å²) in [4.78, 5) is 10.2. The number of fused-ring (bicyclic) bond motifs is 1. The van der Waals surface area contributed by atoms with E-state index in [-0.39, 0.29) is 51.2 Å². The van der Waals surface area contributed by atoms with Crippen molar-refractivity contribution >= 4 is 34.3 Å². The standard InChI is InChI=1S/C21H15ClF5N5O/c1-3-32(14-6-4-10(8-11(14)22)21(25,26)27)20-29-13-9-28-31-18(13)19(30-20)16-15(33-2)7-5-12(23)17(16)24/h4-9H,3H2,1-2H3,(H,28,31). The van der Waals surface area contributed by atoms with Crippen LogP contribution in [0.3, 0.4) is 0 Å². The van der Waals surface area contributed by atoms with E-state index in [2.05, 4.69) is 20.2 Å². The molecule has 4 aromatic rings. The molecule has 172 valence electrons. The van der Waals surface area contributed by atoms with Gasteiger partial charge in [0.15, 0.2) is 11.6 Å². The predicted octanol–water partition coefficient (Wildman–Crippen LogP) is 6.14. The maximum atomic E-state index is 14.8. The number of alkyl halides is 3. The van der Waals surface area contributed by atoms with Crippen LogP contribution >= 0.6 is 11.6 Å². The molecule has 0 saturated heterocycles. The van der Waals surface area contributed by atoms with E-state index in [1.807, 2.05) is 0 Å². The zero-order valence-corrected chi connectivity index (χ0v) is 17.9. The van der Waals surface area contributed by atoms with Crippen LogP contribution in [0.5, 0.6) is 5.75 Å². The predicted molar refractivity (Wildman–Crippen MR) is 113 cm³/mol. The third-order valence-electron chi connectivity index (χ3n) is 4.93. The van der Waals surface area contributed by atoms with E-state index in [1.54, 1.807) is 6.92 Å². The first-order valence-corrected chi connectivity index (χ1v) is 9.91. The largest absolute Gasteiger partial charge is 0.496 e. The summed E-state index contributed by atoms with van der Waals surface area (Å²) in [6.07, 6.45) is -3.21. The number of methoxy groups -OCH3 is 1. The Morgan fingerprint density at radius 1 is 1.12 bits per heavy atom. The molecule has 0 amide bonds. The molecule has 0 aliphatic carbocycles. The molecule has 1 N–H and O–H groups in total. The summed E-state index contributed by atoms with van der Waals surface area (Å²) in [5.41, 5.74) is -0.524. The highest BCUT2D eigenvalue weighted by Gasteiger charge is 2.31. The summed E-state index contributed by atoms with van der Waals surface area (Å²) in [5.74, 6) is -2.29. The lowest BCUT2D eigenvalue weighted by Gasteiger charge is -2.23. The number of nitrogens with zero attached hydrogens (tertiary/aromatic N) is 4. The summed E-state index contributed by atoms with van der Waals surface area (Å²) in [6, 6.07) is 5.05. The second-order valence-electron chi connectivity index (χ2n) is 6.85. The number of hydrogen-bond acceptors (Lipinski definition) is 5. The maximum absolute atomic E-state index is 14.8. The third-order valence-corrected chi connectivity index (χ3v) is 5.23. The highest BCUT2D eigenvalue weighted by atomic mass is 35.5. The van der Waals surface area contributed by atoms with Crippen LogP contribution in [0.15, 0.2) is 36.5 Å². The number of ether oxygens (including phenoxy) is 1.